The fraction of sp³-hybridized carbons (Fsp3) is 1.00. The van der Waals surface area contributed by atoms with Crippen molar-refractivity contribution in [2.75, 3.05) is 6.54 Å². The number of hydrogen-bond acceptors (Lipinski definition) is 2. The van der Waals surface area contributed by atoms with Gasteiger partial charge in [-0.05, 0) is 43.4 Å². The first-order valence-electron chi connectivity index (χ1n) is 8.78. The summed E-state index contributed by atoms with van der Waals surface area (Å²) in [5, 5.41) is 11.6. The Bertz CT molecular complexity index is 317. The molecule has 2 unspecified atom stereocenters. The van der Waals surface area contributed by atoms with Crippen LogP contribution in [0.3, 0.4) is 0 Å². The Balaban J connectivity index is 2.23. The highest BCUT2D eigenvalue weighted by Crippen LogP contribution is 2.55. The lowest BCUT2D eigenvalue weighted by atomic mass is 9.53. The van der Waals surface area contributed by atoms with Crippen molar-refractivity contribution in [3.63, 3.8) is 0 Å². The highest BCUT2D eigenvalue weighted by molar-refractivity contribution is 5.06. The molecule has 2 aliphatic carbocycles. The Kier molecular flexibility index (Phi) is 4.86. The molecule has 2 heteroatoms. The first-order valence-corrected chi connectivity index (χ1v) is 8.78. The highest BCUT2D eigenvalue weighted by atomic mass is 16.3. The molecule has 0 aromatic heterocycles. The third-order valence-electron chi connectivity index (χ3n) is 6.48. The van der Waals surface area contributed by atoms with Crippen LogP contribution in [0.2, 0.25) is 0 Å². The molecule has 0 aromatic rings. The molecule has 0 amide bonds. The monoisotopic (exact) mass is 281 g/mol. The van der Waals surface area contributed by atoms with Gasteiger partial charge >= 0.3 is 0 Å². The minimum absolute atomic E-state index is 0.0245. The van der Waals surface area contributed by atoms with E-state index in [0.717, 1.165) is 32.1 Å². The molecule has 0 radical (unpaired) electrons. The largest absolute Gasteiger partial charge is 0.389 e. The molecule has 2 rings (SSSR count). The summed E-state index contributed by atoms with van der Waals surface area (Å²) < 4.78 is 0. The molecule has 2 aliphatic rings. The quantitative estimate of drug-likeness (QED) is 0.794. The summed E-state index contributed by atoms with van der Waals surface area (Å²) >= 11 is 0. The molecule has 0 bridgehead atoms. The second-order valence-corrected chi connectivity index (χ2v) is 8.45. The van der Waals surface area contributed by atoms with Crippen LogP contribution in [-0.2, 0) is 0 Å². The van der Waals surface area contributed by atoms with E-state index >= 15 is 0 Å². The van der Waals surface area contributed by atoms with Crippen LogP contribution in [0.4, 0.5) is 0 Å². The van der Waals surface area contributed by atoms with Crippen molar-refractivity contribution in [3.8, 4) is 0 Å². The Morgan fingerprint density at radius 3 is 2.00 bits per heavy atom. The number of aliphatic hydroxyl groups is 1. The van der Waals surface area contributed by atoms with Gasteiger partial charge < -0.3 is 10.8 Å². The van der Waals surface area contributed by atoms with Gasteiger partial charge in [-0.3, -0.25) is 0 Å². The maximum absolute atomic E-state index is 11.6. The molecule has 2 nitrogen and oxygen atoms in total. The molecule has 2 atom stereocenters. The van der Waals surface area contributed by atoms with E-state index in [1.54, 1.807) is 0 Å². The van der Waals surface area contributed by atoms with E-state index < -0.39 is 5.60 Å². The summed E-state index contributed by atoms with van der Waals surface area (Å²) in [6.07, 6.45) is 12.0. The fourth-order valence-electron chi connectivity index (χ4n) is 5.06. The second kappa shape index (κ2) is 5.96. The smallest absolute Gasteiger partial charge is 0.0741 e. The van der Waals surface area contributed by atoms with Crippen LogP contribution in [0, 0.1) is 16.7 Å². The highest BCUT2D eigenvalue weighted by Gasteiger charge is 2.54. The van der Waals surface area contributed by atoms with Gasteiger partial charge in [-0.1, -0.05) is 52.9 Å². The van der Waals surface area contributed by atoms with Crippen molar-refractivity contribution < 1.29 is 5.11 Å². The Labute approximate surface area is 125 Å². The number of nitrogens with two attached hydrogens (primary N) is 1. The van der Waals surface area contributed by atoms with Gasteiger partial charge in [0.15, 0.2) is 0 Å². The van der Waals surface area contributed by atoms with E-state index in [1.807, 2.05) is 0 Å². The Morgan fingerprint density at radius 2 is 1.50 bits per heavy atom. The van der Waals surface area contributed by atoms with E-state index in [4.69, 9.17) is 5.73 Å². The summed E-state index contributed by atoms with van der Waals surface area (Å²) in [6, 6.07) is 0. The normalized spacial score (nSPS) is 38.0. The van der Waals surface area contributed by atoms with Crippen molar-refractivity contribution in [3.05, 3.63) is 0 Å². The molecule has 0 heterocycles. The molecule has 118 valence electrons. The number of rotatable bonds is 2. The van der Waals surface area contributed by atoms with Crippen molar-refractivity contribution in [2.45, 2.75) is 90.6 Å². The molecule has 0 spiro atoms. The third kappa shape index (κ3) is 2.92. The Hall–Kier alpha value is -0.0800. The lowest BCUT2D eigenvalue weighted by Gasteiger charge is -2.56. The average Bonchev–Trinajstić information content (AvgIpc) is 2.34. The molecule has 0 aliphatic heterocycles. The zero-order valence-electron chi connectivity index (χ0n) is 13.9. The van der Waals surface area contributed by atoms with Crippen LogP contribution in [-0.4, -0.2) is 17.3 Å². The lowest BCUT2D eigenvalue weighted by Crippen LogP contribution is -2.59. The summed E-state index contributed by atoms with van der Waals surface area (Å²) in [5.74, 6) is 0.370. The van der Waals surface area contributed by atoms with E-state index in [1.165, 1.54) is 32.1 Å². The standard InChI is InChI=1S/C18H35NO/c1-15-13-16(2,3)11-12-18(15,20)17(14-19)9-7-5-4-6-8-10-17/h15,20H,4-14,19H2,1-3H3. The van der Waals surface area contributed by atoms with Gasteiger partial charge in [-0.15, -0.1) is 0 Å². The second-order valence-electron chi connectivity index (χ2n) is 8.45. The van der Waals surface area contributed by atoms with Gasteiger partial charge in [0.25, 0.3) is 0 Å². The first-order chi connectivity index (χ1) is 9.35. The number of hydrogen-bond donors (Lipinski definition) is 2. The van der Waals surface area contributed by atoms with Crippen LogP contribution < -0.4 is 5.73 Å². The SMILES string of the molecule is CC1CC(C)(C)CCC1(O)C1(CN)CCCCCCC1. The van der Waals surface area contributed by atoms with Gasteiger partial charge in [-0.25, -0.2) is 0 Å². The van der Waals surface area contributed by atoms with Gasteiger partial charge in [0, 0.05) is 12.0 Å². The summed E-state index contributed by atoms with van der Waals surface area (Å²) in [4.78, 5) is 0. The molecular formula is C18H35NO. The minimum Gasteiger partial charge on any atom is -0.389 e. The summed E-state index contributed by atoms with van der Waals surface area (Å²) in [7, 11) is 0. The predicted octanol–water partition coefficient (Wildman–Crippen LogP) is 4.25. The Morgan fingerprint density at radius 1 is 0.950 bits per heavy atom. The lowest BCUT2D eigenvalue weighted by molar-refractivity contribution is -0.165. The maximum atomic E-state index is 11.6. The van der Waals surface area contributed by atoms with E-state index in [2.05, 4.69) is 20.8 Å². The topological polar surface area (TPSA) is 46.2 Å². The summed E-state index contributed by atoms with van der Waals surface area (Å²) in [5.41, 5.74) is 6.07. The van der Waals surface area contributed by atoms with Crippen LogP contribution in [0.5, 0.6) is 0 Å². The molecule has 0 aromatic carbocycles. The molecule has 3 N–H and O–H groups in total. The summed E-state index contributed by atoms with van der Waals surface area (Å²) in [6.45, 7) is 7.61. The molecule has 0 saturated heterocycles. The fourth-order valence-corrected chi connectivity index (χ4v) is 5.06. The van der Waals surface area contributed by atoms with Crippen molar-refractivity contribution in [1.29, 1.82) is 0 Å². The van der Waals surface area contributed by atoms with E-state index in [-0.39, 0.29) is 5.41 Å². The van der Waals surface area contributed by atoms with Gasteiger partial charge in [0.05, 0.1) is 5.60 Å². The van der Waals surface area contributed by atoms with Crippen LogP contribution in [0.15, 0.2) is 0 Å². The molecular weight excluding hydrogens is 246 g/mol. The third-order valence-corrected chi connectivity index (χ3v) is 6.48. The molecule has 2 saturated carbocycles. The van der Waals surface area contributed by atoms with Crippen molar-refractivity contribution >= 4 is 0 Å². The maximum Gasteiger partial charge on any atom is 0.0741 e. The van der Waals surface area contributed by atoms with Crippen LogP contribution in [0.1, 0.15) is 85.0 Å². The first kappa shape index (κ1) is 16.3. The van der Waals surface area contributed by atoms with Crippen molar-refractivity contribution in [2.24, 2.45) is 22.5 Å². The molecule has 2 fully saturated rings. The molecule has 20 heavy (non-hydrogen) atoms. The minimum atomic E-state index is -0.533. The van der Waals surface area contributed by atoms with E-state index in [0.29, 0.717) is 17.9 Å². The van der Waals surface area contributed by atoms with Crippen LogP contribution >= 0.6 is 0 Å². The van der Waals surface area contributed by atoms with Gasteiger partial charge in [0.1, 0.15) is 0 Å². The van der Waals surface area contributed by atoms with Crippen molar-refractivity contribution in [1.82, 2.24) is 0 Å². The van der Waals surface area contributed by atoms with E-state index in [9.17, 15) is 5.11 Å². The predicted molar refractivity (Wildman–Crippen MR) is 85.6 cm³/mol. The van der Waals surface area contributed by atoms with Gasteiger partial charge in [0.2, 0.25) is 0 Å². The average molecular weight is 281 g/mol. The zero-order valence-corrected chi connectivity index (χ0v) is 13.9. The van der Waals surface area contributed by atoms with Crippen LogP contribution in [0.25, 0.3) is 0 Å². The van der Waals surface area contributed by atoms with Gasteiger partial charge in [-0.2, -0.15) is 0 Å². The zero-order chi connectivity index (χ0) is 14.9.